The highest BCUT2D eigenvalue weighted by Crippen LogP contribution is 2.21. The minimum atomic E-state index is -2.90. The molecule has 1 fully saturated rings. The van der Waals surface area contributed by atoms with Crippen LogP contribution in [0.15, 0.2) is 0 Å². The third-order valence-electron chi connectivity index (χ3n) is 2.96. The summed E-state index contributed by atoms with van der Waals surface area (Å²) in [6, 6.07) is 0. The lowest BCUT2D eigenvalue weighted by Crippen LogP contribution is -2.15. The van der Waals surface area contributed by atoms with Gasteiger partial charge in [0.1, 0.15) is 5.78 Å². The molecule has 0 aliphatic carbocycles. The lowest BCUT2D eigenvalue weighted by Gasteiger charge is -2.05. The fourth-order valence-electron chi connectivity index (χ4n) is 1.98. The van der Waals surface area contributed by atoms with Crippen molar-refractivity contribution in [3.05, 3.63) is 0 Å². The van der Waals surface area contributed by atoms with Crippen molar-refractivity contribution < 1.29 is 13.2 Å². The van der Waals surface area contributed by atoms with Gasteiger partial charge in [0, 0.05) is 12.3 Å². The van der Waals surface area contributed by atoms with Gasteiger partial charge in [0.15, 0.2) is 9.84 Å². The van der Waals surface area contributed by atoms with Crippen LogP contribution in [0.1, 0.15) is 45.4 Å². The molecule has 1 aliphatic heterocycles. The average Bonchev–Trinajstić information content (AvgIpc) is 2.53. The zero-order chi connectivity index (χ0) is 11.3. The number of rotatable bonds is 6. The number of ketones is 1. The molecule has 0 aromatic rings. The van der Waals surface area contributed by atoms with Gasteiger partial charge in [0.05, 0.1) is 11.5 Å². The van der Waals surface area contributed by atoms with Crippen molar-refractivity contribution in [3.8, 4) is 0 Å². The Hall–Kier alpha value is -0.380. The summed E-state index contributed by atoms with van der Waals surface area (Å²) in [6.45, 7) is 2.13. The van der Waals surface area contributed by atoms with Crippen molar-refractivity contribution in [2.24, 2.45) is 5.92 Å². The number of Topliss-reactive ketones (excluding diaryl/α,β-unsaturated/α-hetero) is 1. The predicted octanol–water partition coefficient (Wildman–Crippen LogP) is 1.96. The first kappa shape index (κ1) is 12.7. The third-order valence-corrected chi connectivity index (χ3v) is 4.73. The molecule has 1 rings (SSSR count). The van der Waals surface area contributed by atoms with Crippen molar-refractivity contribution in [3.63, 3.8) is 0 Å². The molecule has 4 heteroatoms. The van der Waals surface area contributed by atoms with Crippen LogP contribution in [0.2, 0.25) is 0 Å². The lowest BCUT2D eigenvalue weighted by atomic mass is 9.98. The summed E-state index contributed by atoms with van der Waals surface area (Å²) < 4.78 is 22.3. The topological polar surface area (TPSA) is 51.2 Å². The molecule has 0 saturated carbocycles. The normalized spacial score (nSPS) is 24.2. The van der Waals surface area contributed by atoms with Gasteiger partial charge in [0.2, 0.25) is 0 Å². The van der Waals surface area contributed by atoms with Crippen molar-refractivity contribution >= 4 is 15.6 Å². The van der Waals surface area contributed by atoms with E-state index in [1.165, 1.54) is 0 Å². The van der Waals surface area contributed by atoms with Crippen molar-refractivity contribution in [1.82, 2.24) is 0 Å². The van der Waals surface area contributed by atoms with E-state index in [2.05, 4.69) is 6.92 Å². The zero-order valence-corrected chi connectivity index (χ0v) is 10.2. The second-order valence-corrected chi connectivity index (χ2v) is 6.61. The number of carbonyl (C=O) groups excluding carboxylic acids is 1. The maximum absolute atomic E-state index is 11.6. The van der Waals surface area contributed by atoms with E-state index in [9.17, 15) is 13.2 Å². The summed E-state index contributed by atoms with van der Waals surface area (Å²) >= 11 is 0. The molecule has 0 aromatic heterocycles. The van der Waals surface area contributed by atoms with Crippen molar-refractivity contribution in [2.75, 3.05) is 11.5 Å². The van der Waals surface area contributed by atoms with E-state index in [1.54, 1.807) is 0 Å². The van der Waals surface area contributed by atoms with Gasteiger partial charge < -0.3 is 0 Å². The molecule has 1 atom stereocenters. The molecule has 1 unspecified atom stereocenters. The summed E-state index contributed by atoms with van der Waals surface area (Å²) in [5.41, 5.74) is 0. The monoisotopic (exact) mass is 232 g/mol. The minimum absolute atomic E-state index is 0.0968. The van der Waals surface area contributed by atoms with Gasteiger partial charge in [-0.25, -0.2) is 8.42 Å². The van der Waals surface area contributed by atoms with Crippen LogP contribution in [-0.4, -0.2) is 25.7 Å². The van der Waals surface area contributed by atoms with Crippen LogP contribution >= 0.6 is 0 Å². The Morgan fingerprint density at radius 3 is 2.53 bits per heavy atom. The lowest BCUT2D eigenvalue weighted by molar-refractivity contribution is -0.122. The summed E-state index contributed by atoms with van der Waals surface area (Å²) in [6.07, 6.45) is 5.45. The molecule has 1 aliphatic rings. The summed E-state index contributed by atoms with van der Waals surface area (Å²) in [5.74, 6) is 0.265. The smallest absolute Gasteiger partial charge is 0.151 e. The average molecular weight is 232 g/mol. The van der Waals surface area contributed by atoms with Gasteiger partial charge in [0.25, 0.3) is 0 Å². The maximum atomic E-state index is 11.6. The number of unbranched alkanes of at least 4 members (excludes halogenated alkanes) is 3. The first-order valence-corrected chi connectivity index (χ1v) is 7.60. The molecule has 3 nitrogen and oxygen atoms in total. The first-order chi connectivity index (χ1) is 7.05. The largest absolute Gasteiger partial charge is 0.299 e. The molecule has 0 radical (unpaired) electrons. The summed E-state index contributed by atoms with van der Waals surface area (Å²) in [5, 5.41) is 0. The number of carbonyl (C=O) groups is 1. The molecule has 0 N–H and O–H groups in total. The van der Waals surface area contributed by atoms with E-state index >= 15 is 0 Å². The first-order valence-electron chi connectivity index (χ1n) is 5.78. The summed E-state index contributed by atoms with van der Waals surface area (Å²) in [4.78, 5) is 11.6. The highest BCUT2D eigenvalue weighted by atomic mass is 32.2. The Labute approximate surface area is 92.2 Å². The van der Waals surface area contributed by atoms with E-state index in [4.69, 9.17) is 0 Å². The van der Waals surface area contributed by atoms with Gasteiger partial charge in [-0.15, -0.1) is 0 Å². The quantitative estimate of drug-likeness (QED) is 0.658. The fraction of sp³-hybridized carbons (Fsp3) is 0.909. The van der Waals surface area contributed by atoms with E-state index in [-0.39, 0.29) is 23.2 Å². The van der Waals surface area contributed by atoms with Crippen LogP contribution in [0, 0.1) is 5.92 Å². The van der Waals surface area contributed by atoms with Gasteiger partial charge in [-0.05, 0) is 12.8 Å². The number of sulfone groups is 1. The Balaban J connectivity index is 2.24. The zero-order valence-electron chi connectivity index (χ0n) is 9.37. The van der Waals surface area contributed by atoms with E-state index in [0.29, 0.717) is 12.8 Å². The highest BCUT2D eigenvalue weighted by molar-refractivity contribution is 7.91. The van der Waals surface area contributed by atoms with Gasteiger partial charge in [-0.2, -0.15) is 0 Å². The van der Waals surface area contributed by atoms with E-state index in [0.717, 1.165) is 25.7 Å². The SMILES string of the molecule is CCCCCCC(=O)C1CCS(=O)(=O)C1. The fourth-order valence-corrected chi connectivity index (χ4v) is 3.75. The molecule has 88 valence electrons. The van der Waals surface area contributed by atoms with Crippen LogP contribution < -0.4 is 0 Å². The number of hydrogen-bond acceptors (Lipinski definition) is 3. The highest BCUT2D eigenvalue weighted by Gasteiger charge is 2.32. The molecule has 15 heavy (non-hydrogen) atoms. The molecule has 0 aromatic carbocycles. The maximum Gasteiger partial charge on any atom is 0.151 e. The van der Waals surface area contributed by atoms with Crippen molar-refractivity contribution in [2.45, 2.75) is 45.4 Å². The molecular formula is C11H20O3S. The minimum Gasteiger partial charge on any atom is -0.299 e. The molecule has 0 bridgehead atoms. The van der Waals surface area contributed by atoms with Crippen LogP contribution in [0.25, 0.3) is 0 Å². The molecule has 1 heterocycles. The Morgan fingerprint density at radius 2 is 2.00 bits per heavy atom. The van der Waals surface area contributed by atoms with E-state index in [1.807, 2.05) is 0 Å². The molecular weight excluding hydrogens is 212 g/mol. The molecule has 0 spiro atoms. The van der Waals surface area contributed by atoms with Crippen LogP contribution in [0.3, 0.4) is 0 Å². The second-order valence-electron chi connectivity index (χ2n) is 4.38. The van der Waals surface area contributed by atoms with Gasteiger partial charge in [-0.3, -0.25) is 4.79 Å². The second kappa shape index (κ2) is 5.64. The van der Waals surface area contributed by atoms with Crippen LogP contribution in [-0.2, 0) is 14.6 Å². The summed E-state index contributed by atoms with van der Waals surface area (Å²) in [7, 11) is -2.90. The standard InChI is InChI=1S/C11H20O3S/c1-2-3-4-5-6-11(12)10-7-8-15(13,14)9-10/h10H,2-9H2,1H3. The Kier molecular flexibility index (Phi) is 4.77. The number of hydrogen-bond donors (Lipinski definition) is 0. The van der Waals surface area contributed by atoms with Crippen molar-refractivity contribution in [1.29, 1.82) is 0 Å². The third kappa shape index (κ3) is 4.33. The van der Waals surface area contributed by atoms with Crippen LogP contribution in [0.5, 0.6) is 0 Å². The van der Waals surface area contributed by atoms with Gasteiger partial charge >= 0.3 is 0 Å². The van der Waals surface area contributed by atoms with E-state index < -0.39 is 9.84 Å². The van der Waals surface area contributed by atoms with Crippen LogP contribution in [0.4, 0.5) is 0 Å². The molecule has 0 amide bonds. The molecule has 1 saturated heterocycles. The Bertz CT molecular complexity index is 306. The Morgan fingerprint density at radius 1 is 1.27 bits per heavy atom. The van der Waals surface area contributed by atoms with Gasteiger partial charge in [-0.1, -0.05) is 26.2 Å². The predicted molar refractivity (Wildman–Crippen MR) is 60.5 cm³/mol.